The standard InChI is InChI=1S/C13H7BrO4/c14-9-3-1-7-6-17-13(16)11(7)12(9)10-4-2-8(5-15)18-10/h1-5H,6H2. The number of esters is 1. The zero-order valence-electron chi connectivity index (χ0n) is 9.10. The first kappa shape index (κ1) is 11.2. The summed E-state index contributed by atoms with van der Waals surface area (Å²) in [5.41, 5.74) is 1.95. The summed E-state index contributed by atoms with van der Waals surface area (Å²) in [7, 11) is 0. The molecule has 0 atom stereocenters. The Bertz CT molecular complexity index is 657. The number of carbonyl (C=O) groups is 2. The molecule has 0 bridgehead atoms. The van der Waals surface area contributed by atoms with E-state index in [-0.39, 0.29) is 18.3 Å². The van der Waals surface area contributed by atoms with Crippen LogP contribution < -0.4 is 0 Å². The molecule has 2 aromatic rings. The van der Waals surface area contributed by atoms with Gasteiger partial charge in [-0.05, 0) is 18.2 Å². The van der Waals surface area contributed by atoms with Crippen molar-refractivity contribution in [1.29, 1.82) is 0 Å². The van der Waals surface area contributed by atoms with E-state index in [0.29, 0.717) is 23.2 Å². The topological polar surface area (TPSA) is 56.5 Å². The summed E-state index contributed by atoms with van der Waals surface area (Å²) < 4.78 is 11.1. The number of furan rings is 1. The highest BCUT2D eigenvalue weighted by atomic mass is 79.9. The third kappa shape index (κ3) is 1.59. The number of hydrogen-bond acceptors (Lipinski definition) is 4. The van der Waals surface area contributed by atoms with Crippen LogP contribution in [0.15, 0.2) is 33.2 Å². The average molecular weight is 307 g/mol. The molecule has 1 aliphatic rings. The fraction of sp³-hybridized carbons (Fsp3) is 0.0769. The molecule has 0 N–H and O–H groups in total. The van der Waals surface area contributed by atoms with E-state index < -0.39 is 0 Å². The minimum absolute atomic E-state index is 0.223. The van der Waals surface area contributed by atoms with Crippen molar-refractivity contribution in [2.24, 2.45) is 0 Å². The molecule has 1 aliphatic heterocycles. The van der Waals surface area contributed by atoms with E-state index in [1.807, 2.05) is 12.1 Å². The van der Waals surface area contributed by atoms with Crippen LogP contribution in [-0.4, -0.2) is 12.3 Å². The first-order valence-corrected chi connectivity index (χ1v) is 6.04. The SMILES string of the molecule is O=Cc1ccc(-c2c(Br)ccc3c2C(=O)OC3)o1. The van der Waals surface area contributed by atoms with Crippen molar-refractivity contribution >= 4 is 28.2 Å². The van der Waals surface area contributed by atoms with E-state index in [9.17, 15) is 9.59 Å². The van der Waals surface area contributed by atoms with Crippen LogP contribution in [0.25, 0.3) is 11.3 Å². The second-order valence-corrected chi connectivity index (χ2v) is 4.71. The smallest absolute Gasteiger partial charge is 0.339 e. The maximum Gasteiger partial charge on any atom is 0.339 e. The van der Waals surface area contributed by atoms with Gasteiger partial charge in [-0.3, -0.25) is 4.79 Å². The van der Waals surface area contributed by atoms with Gasteiger partial charge in [-0.1, -0.05) is 22.0 Å². The summed E-state index contributed by atoms with van der Waals surface area (Å²) in [6.45, 7) is 0.274. The molecule has 0 fully saturated rings. The lowest BCUT2D eigenvalue weighted by molar-refractivity contribution is 0.0535. The molecular formula is C13H7BrO4. The third-order valence-corrected chi connectivity index (χ3v) is 3.45. The Morgan fingerprint density at radius 1 is 1.17 bits per heavy atom. The Morgan fingerprint density at radius 2 is 2.00 bits per heavy atom. The van der Waals surface area contributed by atoms with Crippen LogP contribution in [0.2, 0.25) is 0 Å². The van der Waals surface area contributed by atoms with Gasteiger partial charge in [-0.15, -0.1) is 0 Å². The number of rotatable bonds is 2. The lowest BCUT2D eigenvalue weighted by Gasteiger charge is -2.05. The van der Waals surface area contributed by atoms with Gasteiger partial charge in [-0.2, -0.15) is 0 Å². The van der Waals surface area contributed by atoms with Gasteiger partial charge in [0.1, 0.15) is 12.4 Å². The second-order valence-electron chi connectivity index (χ2n) is 3.85. The number of hydrogen-bond donors (Lipinski definition) is 0. The molecule has 0 saturated carbocycles. The molecular weight excluding hydrogens is 300 g/mol. The average Bonchev–Trinajstić information content (AvgIpc) is 2.97. The van der Waals surface area contributed by atoms with Gasteiger partial charge in [0.25, 0.3) is 0 Å². The van der Waals surface area contributed by atoms with Crippen LogP contribution in [-0.2, 0) is 11.3 Å². The largest absolute Gasteiger partial charge is 0.457 e. The Kier molecular flexibility index (Phi) is 2.56. The summed E-state index contributed by atoms with van der Waals surface area (Å²) in [4.78, 5) is 22.4. The Labute approximate surface area is 111 Å². The van der Waals surface area contributed by atoms with E-state index in [1.165, 1.54) is 0 Å². The number of fused-ring (bicyclic) bond motifs is 1. The van der Waals surface area contributed by atoms with Crippen molar-refractivity contribution in [3.63, 3.8) is 0 Å². The molecule has 0 amide bonds. The van der Waals surface area contributed by atoms with Crippen molar-refractivity contribution in [2.45, 2.75) is 6.61 Å². The molecule has 90 valence electrons. The molecule has 5 heteroatoms. The fourth-order valence-corrected chi connectivity index (χ4v) is 2.51. The van der Waals surface area contributed by atoms with Gasteiger partial charge in [0, 0.05) is 15.6 Å². The van der Waals surface area contributed by atoms with Crippen molar-refractivity contribution in [3.05, 3.63) is 45.6 Å². The molecule has 3 rings (SSSR count). The first-order chi connectivity index (χ1) is 8.70. The van der Waals surface area contributed by atoms with Crippen molar-refractivity contribution in [3.8, 4) is 11.3 Å². The highest BCUT2D eigenvalue weighted by molar-refractivity contribution is 9.10. The van der Waals surface area contributed by atoms with E-state index in [4.69, 9.17) is 9.15 Å². The van der Waals surface area contributed by atoms with Crippen molar-refractivity contribution in [2.75, 3.05) is 0 Å². The zero-order chi connectivity index (χ0) is 12.7. The predicted molar refractivity (Wildman–Crippen MR) is 66.4 cm³/mol. The minimum atomic E-state index is -0.370. The fourth-order valence-electron chi connectivity index (χ4n) is 1.98. The summed E-state index contributed by atoms with van der Waals surface area (Å²) in [5.74, 6) is 0.325. The van der Waals surface area contributed by atoms with Gasteiger partial charge in [0.15, 0.2) is 12.0 Å². The predicted octanol–water partition coefficient (Wildman–Crippen LogP) is 3.19. The highest BCUT2D eigenvalue weighted by Gasteiger charge is 2.28. The third-order valence-electron chi connectivity index (χ3n) is 2.79. The van der Waals surface area contributed by atoms with Gasteiger partial charge in [0.2, 0.25) is 0 Å². The number of ether oxygens (including phenoxy) is 1. The van der Waals surface area contributed by atoms with Gasteiger partial charge >= 0.3 is 5.97 Å². The van der Waals surface area contributed by atoms with Gasteiger partial charge in [0.05, 0.1) is 5.56 Å². The van der Waals surface area contributed by atoms with Crippen molar-refractivity contribution in [1.82, 2.24) is 0 Å². The summed E-state index contributed by atoms with van der Waals surface area (Å²) in [5, 5.41) is 0. The molecule has 0 aliphatic carbocycles. The maximum atomic E-state index is 11.7. The molecule has 0 spiro atoms. The molecule has 0 saturated heterocycles. The number of benzene rings is 1. The number of halogens is 1. The summed E-state index contributed by atoms with van der Waals surface area (Å²) in [6, 6.07) is 6.89. The zero-order valence-corrected chi connectivity index (χ0v) is 10.7. The number of aldehydes is 1. The quantitative estimate of drug-likeness (QED) is 0.631. The molecule has 0 radical (unpaired) electrons. The number of cyclic esters (lactones) is 1. The normalized spacial score (nSPS) is 13.3. The van der Waals surface area contributed by atoms with Crippen LogP contribution in [0.3, 0.4) is 0 Å². The second kappa shape index (κ2) is 4.10. The van der Waals surface area contributed by atoms with Crippen molar-refractivity contribution < 1.29 is 18.7 Å². The van der Waals surface area contributed by atoms with Crippen LogP contribution in [0, 0.1) is 0 Å². The van der Waals surface area contributed by atoms with E-state index in [1.54, 1.807) is 12.1 Å². The van der Waals surface area contributed by atoms with Crippen LogP contribution in [0.4, 0.5) is 0 Å². The molecule has 0 unspecified atom stereocenters. The number of carbonyl (C=O) groups excluding carboxylic acids is 2. The van der Waals surface area contributed by atoms with E-state index in [2.05, 4.69) is 15.9 Å². The molecule has 1 aromatic carbocycles. The monoisotopic (exact) mass is 306 g/mol. The summed E-state index contributed by atoms with van der Waals surface area (Å²) in [6.07, 6.45) is 0.624. The van der Waals surface area contributed by atoms with E-state index >= 15 is 0 Å². The van der Waals surface area contributed by atoms with Gasteiger partial charge in [-0.25, -0.2) is 4.79 Å². The lowest BCUT2D eigenvalue weighted by atomic mass is 10.0. The highest BCUT2D eigenvalue weighted by Crippen LogP contribution is 2.37. The molecule has 4 nitrogen and oxygen atoms in total. The van der Waals surface area contributed by atoms with Crippen LogP contribution in [0.5, 0.6) is 0 Å². The summed E-state index contributed by atoms with van der Waals surface area (Å²) >= 11 is 3.39. The Hall–Kier alpha value is -1.88. The van der Waals surface area contributed by atoms with Crippen LogP contribution in [0.1, 0.15) is 26.5 Å². The van der Waals surface area contributed by atoms with Gasteiger partial charge < -0.3 is 9.15 Å². The Balaban J connectivity index is 2.25. The molecule has 18 heavy (non-hydrogen) atoms. The van der Waals surface area contributed by atoms with E-state index in [0.717, 1.165) is 10.0 Å². The molecule has 2 heterocycles. The minimum Gasteiger partial charge on any atom is -0.457 e. The maximum absolute atomic E-state index is 11.7. The Morgan fingerprint density at radius 3 is 2.72 bits per heavy atom. The lowest BCUT2D eigenvalue weighted by Crippen LogP contribution is -1.97. The van der Waals surface area contributed by atoms with Crippen LogP contribution >= 0.6 is 15.9 Å². The first-order valence-electron chi connectivity index (χ1n) is 5.24. The molecule has 1 aromatic heterocycles.